The van der Waals surface area contributed by atoms with Crippen LogP contribution in [0.25, 0.3) is 0 Å². The Bertz CT molecular complexity index is 1200. The molecular weight excluding hydrogens is 488 g/mol. The monoisotopic (exact) mass is 530 g/mol. The second-order valence-corrected chi connectivity index (χ2v) is 13.2. The van der Waals surface area contributed by atoms with Crippen molar-refractivity contribution in [1.82, 2.24) is 4.90 Å². The lowest BCUT2D eigenvalue weighted by molar-refractivity contribution is -0.384. The van der Waals surface area contributed by atoms with Crippen molar-refractivity contribution >= 4 is 23.0 Å². The van der Waals surface area contributed by atoms with Crippen molar-refractivity contribution < 1.29 is 9.72 Å². The molecule has 7 rings (SSSR count). The fourth-order valence-corrected chi connectivity index (χ4v) is 8.45. The molecule has 7 nitrogen and oxygen atoms in total. The van der Waals surface area contributed by atoms with Gasteiger partial charge in [0.1, 0.15) is 5.69 Å². The van der Waals surface area contributed by atoms with Crippen LogP contribution in [0.1, 0.15) is 81.1 Å². The van der Waals surface area contributed by atoms with Crippen LogP contribution in [0, 0.1) is 33.3 Å². The largest absolute Gasteiger partial charge is 0.376 e. The number of nitrogens with one attached hydrogen (secondary N) is 1. The normalized spacial score (nSPS) is 28.6. The molecule has 4 aliphatic carbocycles. The van der Waals surface area contributed by atoms with Gasteiger partial charge in [0.05, 0.1) is 4.92 Å². The van der Waals surface area contributed by atoms with Gasteiger partial charge in [0, 0.05) is 49.5 Å². The van der Waals surface area contributed by atoms with Gasteiger partial charge in [0.25, 0.3) is 11.6 Å². The van der Waals surface area contributed by atoms with Crippen LogP contribution in [-0.2, 0) is 0 Å². The zero-order valence-electron chi connectivity index (χ0n) is 23.6. The molecule has 7 heteroatoms. The molecule has 1 amide bonds. The molecule has 1 aliphatic heterocycles. The second kappa shape index (κ2) is 10.1. The highest BCUT2D eigenvalue weighted by molar-refractivity contribution is 5.94. The molecule has 5 fully saturated rings. The van der Waals surface area contributed by atoms with Crippen LogP contribution >= 0.6 is 0 Å². The molecule has 2 aromatic carbocycles. The molecule has 1 atom stereocenters. The predicted molar refractivity (Wildman–Crippen MR) is 155 cm³/mol. The SMILES string of the molecule is CC(C)c1ccc(C(=O)N2CCN(c3ccc([N+](=O)[O-])c(NC(C)C45CC6CC(CC(C6)C4)C5)c3)CC2)cc1. The number of amides is 1. The van der Waals surface area contributed by atoms with Crippen molar-refractivity contribution in [2.45, 2.75) is 71.3 Å². The van der Waals surface area contributed by atoms with Crippen LogP contribution in [0.3, 0.4) is 0 Å². The lowest BCUT2D eigenvalue weighted by atomic mass is 9.48. The molecular formula is C32H42N4O3. The van der Waals surface area contributed by atoms with Gasteiger partial charge in [0.2, 0.25) is 0 Å². The summed E-state index contributed by atoms with van der Waals surface area (Å²) in [5.41, 5.74) is 3.98. The van der Waals surface area contributed by atoms with E-state index in [1.807, 2.05) is 41.3 Å². The third kappa shape index (κ3) is 5.01. The molecule has 0 radical (unpaired) electrons. The Kier molecular flexibility index (Phi) is 6.80. The molecule has 5 aliphatic rings. The number of nitro groups is 1. The maximum absolute atomic E-state index is 13.1. The molecule has 4 bridgehead atoms. The average molecular weight is 531 g/mol. The van der Waals surface area contributed by atoms with Gasteiger partial charge in [-0.15, -0.1) is 0 Å². The van der Waals surface area contributed by atoms with E-state index >= 15 is 0 Å². The minimum Gasteiger partial charge on any atom is -0.376 e. The number of nitro benzene ring substituents is 1. The van der Waals surface area contributed by atoms with E-state index < -0.39 is 0 Å². The first-order chi connectivity index (χ1) is 18.7. The summed E-state index contributed by atoms with van der Waals surface area (Å²) in [6.07, 6.45) is 7.95. The van der Waals surface area contributed by atoms with Crippen LogP contribution in [0.5, 0.6) is 0 Å². The Morgan fingerprint density at radius 1 is 0.923 bits per heavy atom. The fraction of sp³-hybridized carbons (Fsp3) is 0.594. The topological polar surface area (TPSA) is 78.7 Å². The van der Waals surface area contributed by atoms with E-state index in [4.69, 9.17) is 0 Å². The van der Waals surface area contributed by atoms with Gasteiger partial charge in [-0.25, -0.2) is 0 Å². The summed E-state index contributed by atoms with van der Waals surface area (Å²) < 4.78 is 0. The standard InChI is InChI=1S/C32H42N4O3/c1-21(2)26-4-6-27(7-5-26)31(37)35-12-10-34(11-13-35)28-8-9-30(36(38)39)29(17-28)33-22(3)32-18-23-14-24(19-32)16-25(15-23)20-32/h4-9,17,21-25,33H,10-16,18-20H2,1-3H3. The Hall–Kier alpha value is -3.09. The van der Waals surface area contributed by atoms with Gasteiger partial charge < -0.3 is 15.1 Å². The molecule has 2 aromatic rings. The highest BCUT2D eigenvalue weighted by atomic mass is 16.6. The summed E-state index contributed by atoms with van der Waals surface area (Å²) in [5.74, 6) is 3.03. The first-order valence-corrected chi connectivity index (χ1v) is 14.9. The molecule has 0 aromatic heterocycles. The van der Waals surface area contributed by atoms with Crippen molar-refractivity contribution in [3.63, 3.8) is 0 Å². The second-order valence-electron chi connectivity index (χ2n) is 13.2. The van der Waals surface area contributed by atoms with Crippen LogP contribution in [0.4, 0.5) is 17.1 Å². The lowest BCUT2D eigenvalue weighted by Gasteiger charge is -2.59. The highest BCUT2D eigenvalue weighted by Crippen LogP contribution is 2.61. The van der Waals surface area contributed by atoms with E-state index in [0.29, 0.717) is 37.8 Å². The van der Waals surface area contributed by atoms with E-state index in [1.165, 1.54) is 44.1 Å². The van der Waals surface area contributed by atoms with Gasteiger partial charge in [-0.05, 0) is 104 Å². The Morgan fingerprint density at radius 2 is 1.51 bits per heavy atom. The summed E-state index contributed by atoms with van der Waals surface area (Å²) in [4.78, 5) is 29.0. The summed E-state index contributed by atoms with van der Waals surface area (Å²) in [7, 11) is 0. The maximum Gasteiger partial charge on any atom is 0.292 e. The van der Waals surface area contributed by atoms with Crippen molar-refractivity contribution in [3.8, 4) is 0 Å². The summed E-state index contributed by atoms with van der Waals surface area (Å²) in [6, 6.07) is 13.6. The number of anilines is 2. The van der Waals surface area contributed by atoms with E-state index in [9.17, 15) is 14.9 Å². The van der Waals surface area contributed by atoms with Crippen LogP contribution in [0.15, 0.2) is 42.5 Å². The van der Waals surface area contributed by atoms with Crippen molar-refractivity contribution in [2.75, 3.05) is 36.4 Å². The first kappa shape index (κ1) is 26.1. The number of nitrogens with zero attached hydrogens (tertiary/aromatic N) is 3. The zero-order chi connectivity index (χ0) is 27.3. The van der Waals surface area contributed by atoms with Gasteiger partial charge in [-0.1, -0.05) is 26.0 Å². The molecule has 4 saturated carbocycles. The third-order valence-corrected chi connectivity index (χ3v) is 10.3. The van der Waals surface area contributed by atoms with Crippen molar-refractivity contribution in [2.24, 2.45) is 23.2 Å². The fourth-order valence-electron chi connectivity index (χ4n) is 8.45. The van der Waals surface area contributed by atoms with Crippen molar-refractivity contribution in [3.05, 3.63) is 63.7 Å². The van der Waals surface area contributed by atoms with Crippen LogP contribution in [-0.4, -0.2) is 48.0 Å². The maximum atomic E-state index is 13.1. The minimum atomic E-state index is -0.264. The molecule has 208 valence electrons. The van der Waals surface area contributed by atoms with E-state index in [-0.39, 0.29) is 28.0 Å². The molecule has 1 heterocycles. The quantitative estimate of drug-likeness (QED) is 0.318. The number of carbonyl (C=O) groups excluding carboxylic acids is 1. The summed E-state index contributed by atoms with van der Waals surface area (Å²) >= 11 is 0. The van der Waals surface area contributed by atoms with Gasteiger partial charge in [-0.3, -0.25) is 14.9 Å². The van der Waals surface area contributed by atoms with Crippen molar-refractivity contribution in [1.29, 1.82) is 0 Å². The number of rotatable bonds is 7. The molecule has 39 heavy (non-hydrogen) atoms. The number of benzene rings is 2. The summed E-state index contributed by atoms with van der Waals surface area (Å²) in [6.45, 7) is 9.23. The van der Waals surface area contributed by atoms with Gasteiger partial charge in [0.15, 0.2) is 0 Å². The van der Waals surface area contributed by atoms with E-state index in [0.717, 1.165) is 29.0 Å². The number of piperazine rings is 1. The Balaban J connectivity index is 1.14. The predicted octanol–water partition coefficient (Wildman–Crippen LogP) is 6.70. The summed E-state index contributed by atoms with van der Waals surface area (Å²) in [5, 5.41) is 15.6. The Labute approximate surface area is 232 Å². The zero-order valence-corrected chi connectivity index (χ0v) is 23.6. The molecule has 1 unspecified atom stereocenters. The highest BCUT2D eigenvalue weighted by Gasteiger charge is 2.53. The van der Waals surface area contributed by atoms with E-state index in [1.54, 1.807) is 6.07 Å². The average Bonchev–Trinajstić information content (AvgIpc) is 2.92. The molecule has 1 N–H and O–H groups in total. The van der Waals surface area contributed by atoms with Gasteiger partial charge in [-0.2, -0.15) is 0 Å². The lowest BCUT2D eigenvalue weighted by Crippen LogP contribution is -2.53. The molecule has 1 saturated heterocycles. The number of carbonyl (C=O) groups is 1. The van der Waals surface area contributed by atoms with Gasteiger partial charge >= 0.3 is 0 Å². The minimum absolute atomic E-state index is 0.0698. The van der Waals surface area contributed by atoms with Crippen LogP contribution < -0.4 is 10.2 Å². The number of hydrogen-bond acceptors (Lipinski definition) is 5. The number of hydrogen-bond donors (Lipinski definition) is 1. The Morgan fingerprint density at radius 3 is 2.05 bits per heavy atom. The molecule has 0 spiro atoms. The third-order valence-electron chi connectivity index (χ3n) is 10.3. The van der Waals surface area contributed by atoms with Crippen LogP contribution in [0.2, 0.25) is 0 Å². The smallest absolute Gasteiger partial charge is 0.292 e. The first-order valence-electron chi connectivity index (χ1n) is 14.9. The van der Waals surface area contributed by atoms with E-state index in [2.05, 4.69) is 31.0 Å².